The van der Waals surface area contributed by atoms with Crippen molar-refractivity contribution >= 4 is 50.8 Å². The van der Waals surface area contributed by atoms with Crippen molar-refractivity contribution in [2.24, 2.45) is 0 Å². The summed E-state index contributed by atoms with van der Waals surface area (Å²) in [5.74, 6) is -2.15. The zero-order chi connectivity index (χ0) is 23.3. The van der Waals surface area contributed by atoms with Gasteiger partial charge in [-0.1, -0.05) is 30.8 Å². The second-order valence-electron chi connectivity index (χ2n) is 6.90. The van der Waals surface area contributed by atoms with Crippen LogP contribution in [0.3, 0.4) is 0 Å². The van der Waals surface area contributed by atoms with E-state index in [1.165, 1.54) is 12.1 Å². The van der Waals surface area contributed by atoms with Crippen LogP contribution in [0.15, 0.2) is 85.5 Å². The Kier molecular flexibility index (Phi) is 6.50. The van der Waals surface area contributed by atoms with Crippen molar-refractivity contribution in [3.8, 4) is 0 Å². The van der Waals surface area contributed by atoms with Crippen LogP contribution in [0.25, 0.3) is 21.5 Å². The Hall–Kier alpha value is -4.65. The first-order valence-corrected chi connectivity index (χ1v) is 9.50. The smallest absolute Gasteiger partial charge is 0.335 e. The Morgan fingerprint density at radius 2 is 1.19 bits per heavy atom. The number of fused-ring (bicyclic) bond motifs is 2. The lowest BCUT2D eigenvalue weighted by Crippen LogP contribution is -2.06. The molecule has 4 aromatic carbocycles. The van der Waals surface area contributed by atoms with Crippen LogP contribution < -0.4 is 11.1 Å². The molecule has 7 nitrogen and oxygen atoms in total. The molecule has 5 N–H and O–H groups in total. The van der Waals surface area contributed by atoms with Gasteiger partial charge in [-0.15, -0.1) is 0 Å². The van der Waals surface area contributed by atoms with Crippen molar-refractivity contribution in [1.29, 1.82) is 0 Å². The normalized spacial score (nSPS) is 10.1. The predicted octanol–water partition coefficient (Wildman–Crippen LogP) is 4.78. The molecule has 0 aromatic heterocycles. The topological polar surface area (TPSA) is 130 Å². The van der Waals surface area contributed by atoms with E-state index < -0.39 is 11.9 Å². The minimum atomic E-state index is -0.957. The number of nitrogens with two attached hydrogens (primary N) is 1. The number of nitrogens with one attached hydrogen (secondary N) is 1. The first-order valence-electron chi connectivity index (χ1n) is 9.50. The molecule has 0 aliphatic rings. The average Bonchev–Trinajstić information content (AvgIpc) is 2.78. The fraction of sp³-hybridized carbons (Fsp3) is 0. The van der Waals surface area contributed by atoms with Crippen LogP contribution in [-0.4, -0.2) is 28.1 Å². The first kappa shape index (κ1) is 22.0. The summed E-state index contributed by atoms with van der Waals surface area (Å²) < 4.78 is 0. The number of carbonyl (C=O) groups is 3. The molecule has 7 heteroatoms. The number of nitrogen functional groups attached to an aromatic ring is 1. The summed E-state index contributed by atoms with van der Waals surface area (Å²) in [6, 6.07) is 20.5. The van der Waals surface area contributed by atoms with E-state index in [0.717, 1.165) is 21.5 Å². The standard InChI is InChI=1S/C14H11NO3.C11H9NO2/c1-2-13(16)15-12-6-5-9-7-11(14(17)18)4-3-10(9)8-12;12-10-4-3-7-5-9(11(13)14)2-1-8(7)6-10/h2-8H,1H2,(H,15,16)(H,17,18);1-6H,12H2,(H,13,14). The third kappa shape index (κ3) is 5.28. The summed E-state index contributed by atoms with van der Waals surface area (Å²) in [4.78, 5) is 32.7. The van der Waals surface area contributed by atoms with Gasteiger partial charge in [0.25, 0.3) is 0 Å². The number of carboxylic acid groups (broad SMARTS) is 2. The Bertz CT molecular complexity index is 1360. The highest BCUT2D eigenvalue weighted by atomic mass is 16.4. The zero-order valence-corrected chi connectivity index (χ0v) is 16.9. The van der Waals surface area contributed by atoms with E-state index in [9.17, 15) is 14.4 Å². The maximum atomic E-state index is 11.2. The first-order chi connectivity index (χ1) is 15.3. The Morgan fingerprint density at radius 3 is 1.72 bits per heavy atom. The lowest BCUT2D eigenvalue weighted by atomic mass is 10.1. The van der Waals surface area contributed by atoms with Crippen LogP contribution in [0, 0.1) is 0 Å². The number of hydrogen-bond donors (Lipinski definition) is 4. The third-order valence-electron chi connectivity index (χ3n) is 4.65. The maximum absolute atomic E-state index is 11.2. The van der Waals surface area contributed by atoms with Crippen LogP contribution >= 0.6 is 0 Å². The Balaban J connectivity index is 0.000000186. The number of benzene rings is 4. The fourth-order valence-corrected chi connectivity index (χ4v) is 3.05. The summed E-state index contributed by atoms with van der Waals surface area (Å²) in [7, 11) is 0. The van der Waals surface area contributed by atoms with Gasteiger partial charge in [-0.05, 0) is 76.2 Å². The molecule has 0 aliphatic carbocycles. The minimum Gasteiger partial charge on any atom is -0.478 e. The zero-order valence-electron chi connectivity index (χ0n) is 16.9. The van der Waals surface area contributed by atoms with Gasteiger partial charge in [0.2, 0.25) is 5.91 Å². The predicted molar refractivity (Wildman–Crippen MR) is 125 cm³/mol. The molecule has 0 aliphatic heterocycles. The van der Waals surface area contributed by atoms with Gasteiger partial charge in [0.05, 0.1) is 11.1 Å². The van der Waals surface area contributed by atoms with E-state index in [1.54, 1.807) is 54.6 Å². The second-order valence-corrected chi connectivity index (χ2v) is 6.90. The van der Waals surface area contributed by atoms with Crippen molar-refractivity contribution < 1.29 is 24.6 Å². The maximum Gasteiger partial charge on any atom is 0.335 e. The van der Waals surface area contributed by atoms with Crippen molar-refractivity contribution in [2.45, 2.75) is 0 Å². The van der Waals surface area contributed by atoms with Crippen LogP contribution in [-0.2, 0) is 4.79 Å². The highest BCUT2D eigenvalue weighted by Gasteiger charge is 2.05. The highest BCUT2D eigenvalue weighted by molar-refractivity contribution is 6.01. The largest absolute Gasteiger partial charge is 0.478 e. The van der Waals surface area contributed by atoms with E-state index in [-0.39, 0.29) is 11.5 Å². The molecule has 32 heavy (non-hydrogen) atoms. The summed E-state index contributed by atoms with van der Waals surface area (Å²) in [6.07, 6.45) is 1.19. The van der Waals surface area contributed by atoms with E-state index in [2.05, 4.69) is 11.9 Å². The van der Waals surface area contributed by atoms with Gasteiger partial charge in [-0.25, -0.2) is 9.59 Å². The SMILES string of the molecule is C=CC(=O)Nc1ccc2cc(C(=O)O)ccc2c1.Nc1ccc2cc(C(=O)O)ccc2c1. The van der Waals surface area contributed by atoms with E-state index in [1.807, 2.05) is 12.1 Å². The van der Waals surface area contributed by atoms with Crippen LogP contribution in [0.2, 0.25) is 0 Å². The second kappa shape index (κ2) is 9.44. The van der Waals surface area contributed by atoms with Crippen molar-refractivity contribution in [1.82, 2.24) is 0 Å². The van der Waals surface area contributed by atoms with Crippen molar-refractivity contribution in [2.75, 3.05) is 11.1 Å². The summed E-state index contributed by atoms with van der Waals surface area (Å²) in [5.41, 5.74) is 7.47. The number of anilines is 2. The molecule has 0 atom stereocenters. The molecule has 160 valence electrons. The van der Waals surface area contributed by atoms with Crippen molar-refractivity contribution in [3.63, 3.8) is 0 Å². The van der Waals surface area contributed by atoms with Crippen LogP contribution in [0.1, 0.15) is 20.7 Å². The molecular formula is C25H20N2O5. The minimum absolute atomic E-state index is 0.241. The van der Waals surface area contributed by atoms with E-state index >= 15 is 0 Å². The molecule has 4 rings (SSSR count). The van der Waals surface area contributed by atoms with Gasteiger partial charge in [-0.2, -0.15) is 0 Å². The molecule has 0 radical (unpaired) electrons. The molecule has 0 fully saturated rings. The monoisotopic (exact) mass is 428 g/mol. The Morgan fingerprint density at radius 1 is 0.719 bits per heavy atom. The molecule has 0 bridgehead atoms. The molecular weight excluding hydrogens is 408 g/mol. The molecule has 0 heterocycles. The molecule has 0 unspecified atom stereocenters. The van der Waals surface area contributed by atoms with Gasteiger partial charge in [0, 0.05) is 11.4 Å². The lowest BCUT2D eigenvalue weighted by molar-refractivity contribution is -0.111. The summed E-state index contributed by atoms with van der Waals surface area (Å²) in [6.45, 7) is 3.37. The number of carbonyl (C=O) groups excluding carboxylic acids is 1. The summed E-state index contributed by atoms with van der Waals surface area (Å²) in [5, 5.41) is 23.8. The fourth-order valence-electron chi connectivity index (χ4n) is 3.05. The number of hydrogen-bond acceptors (Lipinski definition) is 4. The highest BCUT2D eigenvalue weighted by Crippen LogP contribution is 2.21. The molecule has 0 saturated carbocycles. The van der Waals surface area contributed by atoms with Gasteiger partial charge >= 0.3 is 11.9 Å². The Labute approximate surface area is 183 Å². The summed E-state index contributed by atoms with van der Waals surface area (Å²) >= 11 is 0. The average molecular weight is 428 g/mol. The van der Waals surface area contributed by atoms with Gasteiger partial charge in [-0.3, -0.25) is 4.79 Å². The lowest BCUT2D eigenvalue weighted by Gasteiger charge is -2.05. The van der Waals surface area contributed by atoms with Gasteiger partial charge in [0.1, 0.15) is 0 Å². The third-order valence-corrected chi connectivity index (χ3v) is 4.65. The number of carboxylic acids is 2. The molecule has 1 amide bonds. The van der Waals surface area contributed by atoms with Crippen LogP contribution in [0.5, 0.6) is 0 Å². The molecule has 4 aromatic rings. The van der Waals surface area contributed by atoms with Crippen molar-refractivity contribution in [3.05, 3.63) is 96.6 Å². The number of rotatable bonds is 4. The molecule has 0 saturated heterocycles. The number of amides is 1. The van der Waals surface area contributed by atoms with Gasteiger partial charge in [0.15, 0.2) is 0 Å². The van der Waals surface area contributed by atoms with Crippen LogP contribution in [0.4, 0.5) is 11.4 Å². The van der Waals surface area contributed by atoms with E-state index in [4.69, 9.17) is 15.9 Å². The van der Waals surface area contributed by atoms with E-state index in [0.29, 0.717) is 16.9 Å². The van der Waals surface area contributed by atoms with Gasteiger partial charge < -0.3 is 21.3 Å². The molecule has 0 spiro atoms. The quantitative estimate of drug-likeness (QED) is 0.273. The number of aromatic carboxylic acids is 2.